The fourth-order valence-corrected chi connectivity index (χ4v) is 3.50. The topological polar surface area (TPSA) is 50.8 Å². The average Bonchev–Trinajstić information content (AvgIpc) is 2.63. The summed E-state index contributed by atoms with van der Waals surface area (Å²) in [6.45, 7) is 16.5. The first kappa shape index (κ1) is 23.4. The molecule has 0 saturated carbocycles. The van der Waals surface area contributed by atoms with E-state index in [0.29, 0.717) is 12.0 Å². The van der Waals surface area contributed by atoms with Crippen LogP contribution in [0.15, 0.2) is 0 Å². The van der Waals surface area contributed by atoms with Crippen molar-refractivity contribution in [3.05, 3.63) is 0 Å². The van der Waals surface area contributed by atoms with E-state index in [1.165, 1.54) is 25.7 Å². The highest BCUT2D eigenvalue weighted by molar-refractivity contribution is 5.77. The van der Waals surface area contributed by atoms with E-state index in [2.05, 4.69) is 31.0 Å². The molecule has 0 bridgehead atoms. The van der Waals surface area contributed by atoms with Crippen LogP contribution in [0.25, 0.3) is 0 Å². The highest BCUT2D eigenvalue weighted by Gasteiger charge is 2.22. The quantitative estimate of drug-likeness (QED) is 0.504. The first-order chi connectivity index (χ1) is 12.4. The van der Waals surface area contributed by atoms with E-state index in [4.69, 9.17) is 9.47 Å². The normalized spacial score (nSPS) is 20.9. The van der Waals surface area contributed by atoms with Gasteiger partial charge in [-0.1, -0.05) is 47.5 Å². The van der Waals surface area contributed by atoms with E-state index < -0.39 is 0 Å². The molecule has 1 fully saturated rings. The lowest BCUT2D eigenvalue weighted by Gasteiger charge is -2.33. The van der Waals surface area contributed by atoms with Crippen molar-refractivity contribution < 1.29 is 14.3 Å². The number of carbonyl (C=O) groups excluding carboxylic acids is 1. The Morgan fingerprint density at radius 1 is 1.31 bits per heavy atom. The van der Waals surface area contributed by atoms with E-state index in [-0.39, 0.29) is 17.9 Å². The number of carbonyl (C=O) groups is 1. The van der Waals surface area contributed by atoms with Crippen LogP contribution in [0.2, 0.25) is 0 Å². The van der Waals surface area contributed by atoms with Crippen molar-refractivity contribution in [2.24, 2.45) is 11.3 Å². The van der Waals surface area contributed by atoms with Gasteiger partial charge in [0.25, 0.3) is 0 Å². The number of nitrogens with zero attached hydrogens (tertiary/aromatic N) is 1. The van der Waals surface area contributed by atoms with Gasteiger partial charge in [-0.25, -0.2) is 0 Å². The van der Waals surface area contributed by atoms with Crippen molar-refractivity contribution >= 4 is 5.91 Å². The molecule has 1 amide bonds. The smallest absolute Gasteiger partial charge is 0.222 e. The molecule has 1 saturated heterocycles. The molecule has 0 aromatic heterocycles. The van der Waals surface area contributed by atoms with Crippen LogP contribution < -0.4 is 5.32 Å². The predicted octanol–water partition coefficient (Wildman–Crippen LogP) is 3.47. The maximum atomic E-state index is 11.7. The Hall–Kier alpha value is -0.650. The lowest BCUT2D eigenvalue weighted by molar-refractivity contribution is -0.125. The molecule has 154 valence electrons. The van der Waals surface area contributed by atoms with Crippen LogP contribution in [-0.4, -0.2) is 62.9 Å². The van der Waals surface area contributed by atoms with Gasteiger partial charge in [0.15, 0.2) is 0 Å². The van der Waals surface area contributed by atoms with Gasteiger partial charge in [-0.3, -0.25) is 9.69 Å². The van der Waals surface area contributed by atoms with Gasteiger partial charge < -0.3 is 14.8 Å². The molecule has 0 aromatic carbocycles. The minimum atomic E-state index is 0.0231. The van der Waals surface area contributed by atoms with Crippen molar-refractivity contribution in [3.63, 3.8) is 0 Å². The van der Waals surface area contributed by atoms with Crippen LogP contribution in [0.1, 0.15) is 66.7 Å². The molecule has 0 aliphatic carbocycles. The van der Waals surface area contributed by atoms with E-state index in [1.54, 1.807) is 0 Å². The van der Waals surface area contributed by atoms with E-state index >= 15 is 0 Å². The SMILES string of the molecule is CCCC(C)(CC)CCCOCCN1CCO[C@H](CNC(=O)C(C)C)C1. The predicted molar refractivity (Wildman–Crippen MR) is 107 cm³/mol. The molecule has 1 unspecified atom stereocenters. The van der Waals surface area contributed by atoms with Gasteiger partial charge in [0.2, 0.25) is 5.91 Å². The Labute approximate surface area is 161 Å². The van der Waals surface area contributed by atoms with Gasteiger partial charge in [-0.15, -0.1) is 0 Å². The number of rotatable bonds is 13. The van der Waals surface area contributed by atoms with Gasteiger partial charge in [-0.2, -0.15) is 0 Å². The molecule has 2 atom stereocenters. The van der Waals surface area contributed by atoms with Crippen LogP contribution in [0.4, 0.5) is 0 Å². The number of hydrogen-bond acceptors (Lipinski definition) is 4. The fraction of sp³-hybridized carbons (Fsp3) is 0.952. The molecule has 1 rings (SSSR count). The third kappa shape index (κ3) is 9.33. The summed E-state index contributed by atoms with van der Waals surface area (Å²) in [6.07, 6.45) is 6.32. The second-order valence-corrected chi connectivity index (χ2v) is 8.32. The number of morpholine rings is 1. The Morgan fingerprint density at radius 3 is 2.73 bits per heavy atom. The van der Waals surface area contributed by atoms with E-state index in [9.17, 15) is 4.79 Å². The molecule has 1 N–H and O–H groups in total. The summed E-state index contributed by atoms with van der Waals surface area (Å²) in [5, 5.41) is 2.96. The standard InChI is InChI=1S/C21H42N2O3/c1-6-9-21(5,7-2)10-8-13-25-14-11-23-12-15-26-19(17-23)16-22-20(24)18(3)4/h18-19H,6-17H2,1-5H3,(H,22,24)/t19-,21?/m1/s1. The molecule has 1 heterocycles. The molecule has 0 aromatic rings. The molecule has 26 heavy (non-hydrogen) atoms. The highest BCUT2D eigenvalue weighted by Crippen LogP contribution is 2.32. The van der Waals surface area contributed by atoms with Crippen LogP contribution in [0, 0.1) is 11.3 Å². The monoisotopic (exact) mass is 370 g/mol. The second kappa shape index (κ2) is 12.7. The van der Waals surface area contributed by atoms with E-state index in [0.717, 1.165) is 45.9 Å². The van der Waals surface area contributed by atoms with Gasteiger partial charge in [0.1, 0.15) is 0 Å². The minimum absolute atomic E-state index is 0.0231. The Kier molecular flexibility index (Phi) is 11.4. The molecule has 0 radical (unpaired) electrons. The molecular formula is C21H42N2O3. The second-order valence-electron chi connectivity index (χ2n) is 8.32. The van der Waals surface area contributed by atoms with Gasteiger partial charge in [0, 0.05) is 38.7 Å². The zero-order valence-corrected chi connectivity index (χ0v) is 17.8. The summed E-state index contributed by atoms with van der Waals surface area (Å²) in [7, 11) is 0. The third-order valence-electron chi connectivity index (χ3n) is 5.58. The maximum absolute atomic E-state index is 11.7. The lowest BCUT2D eigenvalue weighted by atomic mass is 9.79. The van der Waals surface area contributed by atoms with Gasteiger partial charge in [0.05, 0.1) is 19.3 Å². The molecule has 1 aliphatic rings. The first-order valence-electron chi connectivity index (χ1n) is 10.6. The van der Waals surface area contributed by atoms with Crippen LogP contribution in [0.5, 0.6) is 0 Å². The van der Waals surface area contributed by atoms with Crippen molar-refractivity contribution in [2.75, 3.05) is 46.0 Å². The van der Waals surface area contributed by atoms with Crippen molar-refractivity contribution in [3.8, 4) is 0 Å². The Balaban J connectivity index is 2.12. The summed E-state index contributed by atoms with van der Waals surface area (Å²) in [5.41, 5.74) is 0.482. The Bertz CT molecular complexity index is 389. The lowest BCUT2D eigenvalue weighted by Crippen LogP contribution is -2.48. The number of nitrogens with one attached hydrogen (secondary N) is 1. The molecule has 5 nitrogen and oxygen atoms in total. The third-order valence-corrected chi connectivity index (χ3v) is 5.58. The molecular weight excluding hydrogens is 328 g/mol. The van der Waals surface area contributed by atoms with Crippen molar-refractivity contribution in [1.82, 2.24) is 10.2 Å². The highest BCUT2D eigenvalue weighted by atomic mass is 16.5. The maximum Gasteiger partial charge on any atom is 0.222 e. The molecule has 5 heteroatoms. The fourth-order valence-electron chi connectivity index (χ4n) is 3.50. The van der Waals surface area contributed by atoms with Crippen LogP contribution >= 0.6 is 0 Å². The molecule has 1 aliphatic heterocycles. The number of amides is 1. The van der Waals surface area contributed by atoms with Crippen molar-refractivity contribution in [1.29, 1.82) is 0 Å². The van der Waals surface area contributed by atoms with Crippen LogP contribution in [-0.2, 0) is 14.3 Å². The number of hydrogen-bond donors (Lipinski definition) is 1. The summed E-state index contributed by atoms with van der Waals surface area (Å²) < 4.78 is 11.6. The van der Waals surface area contributed by atoms with Crippen LogP contribution in [0.3, 0.4) is 0 Å². The summed E-state index contributed by atoms with van der Waals surface area (Å²) in [6, 6.07) is 0. The summed E-state index contributed by atoms with van der Waals surface area (Å²) in [4.78, 5) is 14.1. The Morgan fingerprint density at radius 2 is 2.08 bits per heavy atom. The van der Waals surface area contributed by atoms with Gasteiger partial charge in [-0.05, 0) is 24.7 Å². The molecule has 0 spiro atoms. The first-order valence-corrected chi connectivity index (χ1v) is 10.6. The zero-order chi connectivity index (χ0) is 19.4. The summed E-state index contributed by atoms with van der Waals surface area (Å²) in [5.74, 6) is 0.117. The summed E-state index contributed by atoms with van der Waals surface area (Å²) >= 11 is 0. The average molecular weight is 371 g/mol. The van der Waals surface area contributed by atoms with Crippen molar-refractivity contribution in [2.45, 2.75) is 72.8 Å². The van der Waals surface area contributed by atoms with E-state index in [1.807, 2.05) is 13.8 Å². The largest absolute Gasteiger partial charge is 0.380 e. The zero-order valence-electron chi connectivity index (χ0n) is 17.8. The van der Waals surface area contributed by atoms with Gasteiger partial charge >= 0.3 is 0 Å². The minimum Gasteiger partial charge on any atom is -0.380 e. The number of ether oxygens (including phenoxy) is 2.